The average Bonchev–Trinajstić information content (AvgIpc) is 3.06. The molecule has 2 N–H and O–H groups in total. The number of carbonyl (C=O) groups is 2. The van der Waals surface area contributed by atoms with Gasteiger partial charge in [-0.2, -0.15) is 0 Å². The van der Waals surface area contributed by atoms with E-state index in [1.165, 1.54) is 30.3 Å². The molecule has 4 atom stereocenters. The van der Waals surface area contributed by atoms with E-state index in [2.05, 4.69) is 4.72 Å². The number of hydrogen-bond donors (Lipinski definition) is 2. The van der Waals surface area contributed by atoms with Gasteiger partial charge in [-0.05, 0) is 87.7 Å². The van der Waals surface area contributed by atoms with Crippen molar-refractivity contribution in [3.63, 3.8) is 0 Å². The van der Waals surface area contributed by atoms with Crippen molar-refractivity contribution in [1.82, 2.24) is 9.80 Å². The van der Waals surface area contributed by atoms with Crippen LogP contribution in [0.1, 0.15) is 60.7 Å². The predicted octanol–water partition coefficient (Wildman–Crippen LogP) is 5.71. The number of nitrogens with one attached hydrogen (secondary N) is 1. The van der Waals surface area contributed by atoms with Gasteiger partial charge in [0, 0.05) is 48.9 Å². The summed E-state index contributed by atoms with van der Waals surface area (Å²) in [6, 6.07) is 18.8. The fraction of sp³-hybridized carbons (Fsp3) is 0.429. The molecule has 0 spiro atoms. The van der Waals surface area contributed by atoms with E-state index in [1.54, 1.807) is 48.0 Å². The van der Waals surface area contributed by atoms with Crippen molar-refractivity contribution in [3.05, 3.63) is 88.9 Å². The van der Waals surface area contributed by atoms with Gasteiger partial charge in [-0.25, -0.2) is 8.42 Å². The largest absolute Gasteiger partial charge is 0.490 e. The first-order chi connectivity index (χ1) is 22.4. The first kappa shape index (κ1) is 36.2. The highest BCUT2D eigenvalue weighted by Gasteiger charge is 2.31. The van der Waals surface area contributed by atoms with E-state index < -0.39 is 28.1 Å². The minimum absolute atomic E-state index is 0.0179. The SMILES string of the molecule is C[C@@H]1CCCCO[C@@H](CN(C)C(=O)c2ccccc2)[C@H](C)CN([C@H](C)CO)C(=O)c2cc(NS(=O)(=O)c3ccc(Cl)cc3)ccc2O1. The minimum Gasteiger partial charge on any atom is -0.490 e. The van der Waals surface area contributed by atoms with Crippen LogP contribution in [0.4, 0.5) is 5.69 Å². The smallest absolute Gasteiger partial charge is 0.261 e. The molecule has 0 fully saturated rings. The molecule has 3 aromatic rings. The van der Waals surface area contributed by atoms with Crippen LogP contribution in [0, 0.1) is 5.92 Å². The lowest BCUT2D eigenvalue weighted by Gasteiger charge is -2.36. The highest BCUT2D eigenvalue weighted by molar-refractivity contribution is 7.92. The molecule has 0 bridgehead atoms. The van der Waals surface area contributed by atoms with Crippen LogP contribution in [0.3, 0.4) is 0 Å². The summed E-state index contributed by atoms with van der Waals surface area (Å²) in [5.74, 6) is -0.488. The third-order valence-electron chi connectivity index (χ3n) is 8.25. The quantitative estimate of drug-likeness (QED) is 0.311. The number of fused-ring (bicyclic) bond motifs is 1. The summed E-state index contributed by atoms with van der Waals surface area (Å²) in [7, 11) is -2.25. The van der Waals surface area contributed by atoms with Gasteiger partial charge in [0.1, 0.15) is 5.75 Å². The van der Waals surface area contributed by atoms with Crippen LogP contribution in [-0.4, -0.2) is 86.7 Å². The van der Waals surface area contributed by atoms with E-state index in [4.69, 9.17) is 21.1 Å². The number of benzene rings is 3. The van der Waals surface area contributed by atoms with E-state index in [1.807, 2.05) is 32.0 Å². The molecular formula is C35H44ClN3O7S. The van der Waals surface area contributed by atoms with Gasteiger partial charge in [-0.3, -0.25) is 14.3 Å². The number of carbonyl (C=O) groups excluding carboxylic acids is 2. The van der Waals surface area contributed by atoms with Crippen molar-refractivity contribution in [3.8, 4) is 5.75 Å². The summed E-state index contributed by atoms with van der Waals surface area (Å²) in [5, 5.41) is 10.6. The Bertz CT molecular complexity index is 1610. The molecule has 1 aliphatic heterocycles. The van der Waals surface area contributed by atoms with Crippen molar-refractivity contribution in [2.24, 2.45) is 5.92 Å². The maximum absolute atomic E-state index is 14.3. The van der Waals surface area contributed by atoms with E-state index in [-0.39, 0.29) is 47.2 Å². The Morgan fingerprint density at radius 3 is 2.47 bits per heavy atom. The molecule has 0 unspecified atom stereocenters. The molecule has 0 aliphatic carbocycles. The van der Waals surface area contributed by atoms with E-state index in [0.29, 0.717) is 35.9 Å². The van der Waals surface area contributed by atoms with Gasteiger partial charge in [0.25, 0.3) is 21.8 Å². The zero-order chi connectivity index (χ0) is 34.1. The number of halogens is 1. The standard InChI is InChI=1S/C35H44ClN3O7S/c1-24-21-39(25(2)23-40)35(42)31-20-29(37-47(43,44)30-16-13-28(36)14-17-30)15-18-32(31)46-26(3)10-8-9-19-45-33(24)22-38(4)34(41)27-11-6-5-7-12-27/h5-7,11-18,20,24-26,33,37,40H,8-10,19,21-23H2,1-4H3/t24-,25-,26-,33+/m1/s1. The van der Waals surface area contributed by atoms with Crippen molar-refractivity contribution >= 4 is 39.1 Å². The Balaban J connectivity index is 1.66. The van der Waals surface area contributed by atoms with E-state index in [0.717, 1.165) is 12.8 Å². The molecule has 0 radical (unpaired) electrons. The lowest BCUT2D eigenvalue weighted by atomic mass is 10.0. The third kappa shape index (κ3) is 9.70. The molecule has 12 heteroatoms. The first-order valence-corrected chi connectivity index (χ1v) is 17.7. The number of nitrogens with zero attached hydrogens (tertiary/aromatic N) is 2. The molecular weight excluding hydrogens is 642 g/mol. The zero-order valence-corrected chi connectivity index (χ0v) is 28.8. The van der Waals surface area contributed by atoms with Gasteiger partial charge in [-0.1, -0.05) is 36.7 Å². The molecule has 47 heavy (non-hydrogen) atoms. The summed E-state index contributed by atoms with van der Waals surface area (Å²) >= 11 is 5.94. The number of sulfonamides is 1. The number of rotatable bonds is 8. The highest BCUT2D eigenvalue weighted by atomic mass is 35.5. The molecule has 10 nitrogen and oxygen atoms in total. The molecule has 3 aromatic carbocycles. The van der Waals surface area contributed by atoms with Crippen molar-refractivity contribution in [1.29, 1.82) is 0 Å². The van der Waals surface area contributed by atoms with E-state index in [9.17, 15) is 23.1 Å². The highest BCUT2D eigenvalue weighted by Crippen LogP contribution is 2.30. The van der Waals surface area contributed by atoms with Gasteiger partial charge >= 0.3 is 0 Å². The van der Waals surface area contributed by atoms with Crippen molar-refractivity contribution in [2.45, 2.75) is 63.2 Å². The molecule has 1 aliphatic rings. The van der Waals surface area contributed by atoms with Crippen LogP contribution in [0.15, 0.2) is 77.7 Å². The van der Waals surface area contributed by atoms with E-state index >= 15 is 0 Å². The maximum Gasteiger partial charge on any atom is 0.261 e. The Morgan fingerprint density at radius 2 is 1.79 bits per heavy atom. The number of aliphatic hydroxyl groups is 1. The molecule has 1 heterocycles. The maximum atomic E-state index is 14.3. The normalized spacial score (nSPS) is 20.3. The van der Waals surface area contributed by atoms with Crippen LogP contribution in [0.2, 0.25) is 5.02 Å². The molecule has 0 saturated heterocycles. The zero-order valence-electron chi connectivity index (χ0n) is 27.3. The molecule has 4 rings (SSSR count). The lowest BCUT2D eigenvalue weighted by Crippen LogP contribution is -2.48. The fourth-order valence-corrected chi connectivity index (χ4v) is 6.61. The lowest BCUT2D eigenvalue weighted by molar-refractivity contribution is -0.0149. The van der Waals surface area contributed by atoms with Crippen LogP contribution in [0.5, 0.6) is 5.75 Å². The topological polar surface area (TPSA) is 125 Å². The number of amides is 2. The van der Waals surface area contributed by atoms with Gasteiger partial charge in [0.05, 0.1) is 35.3 Å². The number of likely N-dealkylation sites (N-methyl/N-ethyl adjacent to an activating group) is 1. The molecule has 2 amide bonds. The second-order valence-electron chi connectivity index (χ2n) is 12.1. The second kappa shape index (κ2) is 16.5. The van der Waals surface area contributed by atoms with Gasteiger partial charge < -0.3 is 24.4 Å². The van der Waals surface area contributed by atoms with Crippen LogP contribution in [0.25, 0.3) is 0 Å². The summed E-state index contributed by atoms with van der Waals surface area (Å²) < 4.78 is 41.5. The van der Waals surface area contributed by atoms with Gasteiger partial charge in [0.2, 0.25) is 0 Å². The molecule has 0 aromatic heterocycles. The van der Waals surface area contributed by atoms with Crippen LogP contribution < -0.4 is 9.46 Å². The predicted molar refractivity (Wildman–Crippen MR) is 183 cm³/mol. The average molecular weight is 686 g/mol. The summed E-state index contributed by atoms with van der Waals surface area (Å²) in [4.78, 5) is 30.7. The molecule has 254 valence electrons. The minimum atomic E-state index is -3.99. The summed E-state index contributed by atoms with van der Waals surface area (Å²) in [6.07, 6.45) is 1.65. The Morgan fingerprint density at radius 1 is 1.09 bits per heavy atom. The van der Waals surface area contributed by atoms with Crippen LogP contribution >= 0.6 is 11.6 Å². The fourth-order valence-electron chi connectivity index (χ4n) is 5.43. The number of anilines is 1. The van der Waals surface area contributed by atoms with Crippen molar-refractivity contribution < 1.29 is 32.6 Å². The van der Waals surface area contributed by atoms with Gasteiger partial charge in [-0.15, -0.1) is 0 Å². The number of ether oxygens (including phenoxy) is 2. The molecule has 0 saturated carbocycles. The van der Waals surface area contributed by atoms with Gasteiger partial charge in [0.15, 0.2) is 0 Å². The van der Waals surface area contributed by atoms with Crippen molar-refractivity contribution in [2.75, 3.05) is 38.1 Å². The third-order valence-corrected chi connectivity index (χ3v) is 9.90. The number of aliphatic hydroxyl groups excluding tert-OH is 1. The second-order valence-corrected chi connectivity index (χ2v) is 14.2. The van der Waals surface area contributed by atoms with Crippen LogP contribution in [-0.2, 0) is 14.8 Å². The first-order valence-electron chi connectivity index (χ1n) is 15.8. The Hall–Kier alpha value is -3.64. The Kier molecular flexibility index (Phi) is 12.7. The summed E-state index contributed by atoms with van der Waals surface area (Å²) in [5.41, 5.74) is 0.908. The number of hydrogen-bond acceptors (Lipinski definition) is 7. The summed E-state index contributed by atoms with van der Waals surface area (Å²) in [6.45, 7) is 6.30. The Labute approximate surface area is 282 Å². The monoisotopic (exact) mass is 685 g/mol.